The van der Waals surface area contributed by atoms with Gasteiger partial charge in [-0.25, -0.2) is 0 Å². The van der Waals surface area contributed by atoms with Crippen molar-refractivity contribution in [3.8, 4) is 0 Å². The highest BCUT2D eigenvalue weighted by Crippen LogP contribution is 2.38. The Labute approximate surface area is 442 Å². The van der Waals surface area contributed by atoms with Crippen molar-refractivity contribution in [2.75, 3.05) is 40.9 Å². The molecule has 71 heavy (non-hydrogen) atoms. The van der Waals surface area contributed by atoms with Gasteiger partial charge in [-0.05, 0) is 51.4 Å². The van der Waals surface area contributed by atoms with E-state index in [1.54, 1.807) is 6.08 Å². The van der Waals surface area contributed by atoms with Crippen molar-refractivity contribution < 1.29 is 32.9 Å². The van der Waals surface area contributed by atoms with Crippen LogP contribution in [0.5, 0.6) is 0 Å². The zero-order chi connectivity index (χ0) is 52.0. The first kappa shape index (κ1) is 69.7. The number of allylic oxidation sites excluding steroid dienone is 5. The zero-order valence-corrected chi connectivity index (χ0v) is 48.8. The SMILES string of the molecule is CCCCCCCCCCC/C=C\C/C=C\CCCCCCCCCCCCCCCCCC(=O)NC(COP(=O)([O-])OCC[N+](C)(C)C)C(O)/C=C/CCCCCCCCCCCCCCCCCC. The fraction of sp³-hybridized carbons (Fsp3) is 0.887. The van der Waals surface area contributed by atoms with Crippen molar-refractivity contribution in [3.05, 3.63) is 36.5 Å². The number of aliphatic hydroxyl groups is 1. The Morgan fingerprint density at radius 2 is 0.817 bits per heavy atom. The van der Waals surface area contributed by atoms with E-state index >= 15 is 0 Å². The Balaban J connectivity index is 4.09. The van der Waals surface area contributed by atoms with Crippen LogP contribution in [0.1, 0.15) is 303 Å². The quantitative estimate of drug-likeness (QED) is 0.0272. The number of nitrogens with zero attached hydrogens (tertiary/aromatic N) is 1. The van der Waals surface area contributed by atoms with Crippen molar-refractivity contribution >= 4 is 13.7 Å². The Hall–Kier alpha value is -1.28. The Morgan fingerprint density at radius 3 is 1.17 bits per heavy atom. The summed E-state index contributed by atoms with van der Waals surface area (Å²) in [5, 5.41) is 13.9. The molecule has 420 valence electrons. The number of aliphatic hydroxyl groups excluding tert-OH is 1. The molecule has 0 aromatic heterocycles. The van der Waals surface area contributed by atoms with E-state index in [2.05, 4.69) is 43.5 Å². The number of carbonyl (C=O) groups is 1. The molecule has 0 heterocycles. The van der Waals surface area contributed by atoms with Crippen molar-refractivity contribution in [2.24, 2.45) is 0 Å². The number of amides is 1. The van der Waals surface area contributed by atoms with Gasteiger partial charge in [0, 0.05) is 6.42 Å². The molecule has 0 aromatic carbocycles. The first-order chi connectivity index (χ1) is 34.5. The molecule has 0 bridgehead atoms. The van der Waals surface area contributed by atoms with Crippen molar-refractivity contribution in [3.63, 3.8) is 0 Å². The summed E-state index contributed by atoms with van der Waals surface area (Å²) in [6.07, 6.45) is 69.5. The van der Waals surface area contributed by atoms with Crippen LogP contribution in [0, 0.1) is 0 Å². The molecule has 0 fully saturated rings. The van der Waals surface area contributed by atoms with E-state index in [1.807, 2.05) is 27.2 Å². The smallest absolute Gasteiger partial charge is 0.268 e. The van der Waals surface area contributed by atoms with Gasteiger partial charge in [0.25, 0.3) is 7.82 Å². The summed E-state index contributed by atoms with van der Waals surface area (Å²) < 4.78 is 23.4. The van der Waals surface area contributed by atoms with E-state index in [4.69, 9.17) is 9.05 Å². The number of likely N-dealkylation sites (N-methyl/N-ethyl adjacent to an activating group) is 1. The molecule has 1 amide bonds. The van der Waals surface area contributed by atoms with E-state index in [0.29, 0.717) is 17.4 Å². The second-order valence-corrected chi connectivity index (χ2v) is 23.8. The average Bonchev–Trinajstić information content (AvgIpc) is 3.33. The topological polar surface area (TPSA) is 108 Å². The first-order valence-electron chi connectivity index (χ1n) is 30.9. The third-order valence-electron chi connectivity index (χ3n) is 14.1. The molecule has 0 rings (SSSR count). The highest BCUT2D eigenvalue weighted by molar-refractivity contribution is 7.45. The van der Waals surface area contributed by atoms with E-state index in [9.17, 15) is 19.4 Å². The second kappa shape index (κ2) is 53.5. The standard InChI is InChI=1S/C62H121N2O6P/c1-6-8-10-12-14-16-18-20-22-24-26-27-28-29-30-31-32-33-34-35-36-37-38-40-42-44-46-48-50-52-54-56-62(66)63-60(59-70-71(67,68)69-58-57-64(3,4)5)61(65)55-53-51-49-47-45-43-41-39-25-23-21-19-17-15-13-11-9-7-2/h26-27,29-30,53,55,60-61,65H,6-25,28,31-52,54,56-59H2,1-5H3,(H-,63,66,67,68)/b27-26-,30-29-,55-53+. The number of hydrogen-bond acceptors (Lipinski definition) is 6. The fourth-order valence-electron chi connectivity index (χ4n) is 9.25. The molecule has 2 N–H and O–H groups in total. The summed E-state index contributed by atoms with van der Waals surface area (Å²) in [5.41, 5.74) is 0. The molecular weight excluding hydrogens is 900 g/mol. The molecule has 3 atom stereocenters. The Bertz CT molecular complexity index is 1250. The molecular formula is C62H121N2O6P. The Morgan fingerprint density at radius 1 is 0.493 bits per heavy atom. The largest absolute Gasteiger partial charge is 0.756 e. The number of rotatable bonds is 57. The molecule has 0 radical (unpaired) electrons. The molecule has 0 spiro atoms. The first-order valence-corrected chi connectivity index (χ1v) is 32.3. The van der Waals surface area contributed by atoms with Crippen molar-refractivity contribution in [1.29, 1.82) is 0 Å². The third-order valence-corrected chi connectivity index (χ3v) is 15.1. The van der Waals surface area contributed by atoms with Crippen LogP contribution in [0.2, 0.25) is 0 Å². The molecule has 0 aliphatic rings. The van der Waals surface area contributed by atoms with Crippen LogP contribution in [0.4, 0.5) is 0 Å². The summed E-state index contributed by atoms with van der Waals surface area (Å²) in [6.45, 7) is 4.69. The molecule has 0 saturated carbocycles. The number of phosphoric ester groups is 1. The molecule has 0 saturated heterocycles. The predicted octanol–water partition coefficient (Wildman–Crippen LogP) is 18.3. The van der Waals surface area contributed by atoms with E-state index in [-0.39, 0.29) is 19.1 Å². The summed E-state index contributed by atoms with van der Waals surface area (Å²) >= 11 is 0. The summed E-state index contributed by atoms with van der Waals surface area (Å²) in [6, 6.07) is -0.886. The molecule has 8 nitrogen and oxygen atoms in total. The molecule has 0 aliphatic heterocycles. The lowest BCUT2D eigenvalue weighted by atomic mass is 10.0. The van der Waals surface area contributed by atoms with Crippen LogP contribution >= 0.6 is 7.82 Å². The number of phosphoric acid groups is 1. The molecule has 3 unspecified atom stereocenters. The van der Waals surface area contributed by atoms with Gasteiger partial charge in [0.05, 0.1) is 39.9 Å². The molecule has 9 heteroatoms. The summed E-state index contributed by atoms with van der Waals surface area (Å²) in [5.74, 6) is -0.194. The van der Waals surface area contributed by atoms with Gasteiger partial charge >= 0.3 is 0 Å². The van der Waals surface area contributed by atoms with Gasteiger partial charge in [0.15, 0.2) is 0 Å². The number of quaternary nitrogens is 1. The zero-order valence-electron chi connectivity index (χ0n) is 47.9. The summed E-state index contributed by atoms with van der Waals surface area (Å²) in [4.78, 5) is 25.5. The number of hydrogen-bond donors (Lipinski definition) is 2. The van der Waals surface area contributed by atoms with Gasteiger partial charge in [-0.3, -0.25) is 9.36 Å². The van der Waals surface area contributed by atoms with E-state index in [0.717, 1.165) is 44.9 Å². The van der Waals surface area contributed by atoms with Gasteiger partial charge in [-0.15, -0.1) is 0 Å². The van der Waals surface area contributed by atoms with Crippen LogP contribution in [0.3, 0.4) is 0 Å². The number of nitrogens with one attached hydrogen (secondary N) is 1. The maximum absolute atomic E-state index is 13.0. The highest BCUT2D eigenvalue weighted by atomic mass is 31.2. The molecule has 0 aromatic rings. The van der Waals surface area contributed by atoms with Crippen LogP contribution < -0.4 is 10.2 Å². The van der Waals surface area contributed by atoms with Gasteiger partial charge in [-0.2, -0.15) is 0 Å². The van der Waals surface area contributed by atoms with E-state index in [1.165, 1.54) is 238 Å². The minimum Gasteiger partial charge on any atom is -0.756 e. The van der Waals surface area contributed by atoms with Crippen LogP contribution in [-0.2, 0) is 18.4 Å². The minimum atomic E-state index is -4.60. The number of unbranched alkanes of at least 4 members (excludes halogenated alkanes) is 40. The van der Waals surface area contributed by atoms with Crippen LogP contribution in [-0.4, -0.2) is 68.5 Å². The monoisotopic (exact) mass is 1020 g/mol. The van der Waals surface area contributed by atoms with Crippen LogP contribution in [0.15, 0.2) is 36.5 Å². The van der Waals surface area contributed by atoms with Crippen molar-refractivity contribution in [2.45, 2.75) is 315 Å². The van der Waals surface area contributed by atoms with Gasteiger partial charge < -0.3 is 28.8 Å². The van der Waals surface area contributed by atoms with Crippen LogP contribution in [0.25, 0.3) is 0 Å². The number of carbonyl (C=O) groups excluding carboxylic acids is 1. The fourth-order valence-corrected chi connectivity index (χ4v) is 9.97. The lowest BCUT2D eigenvalue weighted by Gasteiger charge is -2.29. The maximum atomic E-state index is 13.0. The second-order valence-electron chi connectivity index (χ2n) is 22.4. The van der Waals surface area contributed by atoms with Gasteiger partial charge in [-0.1, -0.05) is 281 Å². The van der Waals surface area contributed by atoms with Crippen molar-refractivity contribution in [1.82, 2.24) is 5.32 Å². The Kier molecular flexibility index (Phi) is 52.6. The molecule has 0 aliphatic carbocycles. The predicted molar refractivity (Wildman–Crippen MR) is 307 cm³/mol. The highest BCUT2D eigenvalue weighted by Gasteiger charge is 2.23. The maximum Gasteiger partial charge on any atom is 0.268 e. The third kappa shape index (κ3) is 56.3. The van der Waals surface area contributed by atoms with E-state index < -0.39 is 20.0 Å². The average molecular weight is 1020 g/mol. The van der Waals surface area contributed by atoms with Gasteiger partial charge in [0.1, 0.15) is 13.2 Å². The lowest BCUT2D eigenvalue weighted by molar-refractivity contribution is -0.870. The normalized spacial score (nSPS) is 14.1. The minimum absolute atomic E-state index is 0.000171. The summed E-state index contributed by atoms with van der Waals surface area (Å²) in [7, 11) is 1.27. The lowest BCUT2D eigenvalue weighted by Crippen LogP contribution is -2.45. The van der Waals surface area contributed by atoms with Gasteiger partial charge in [0.2, 0.25) is 5.91 Å².